The standard InChI is InChI=1S/C27H30FN3O2.C3H8O/c1-5-16(4)21-12-25(23-14-30-31-24(23)7-3)29-13-22(21)20(6-2)27(32)18-10-17-11-19(28)8-9-26(17)33-15-18;1-2-3-4/h6,8-9,11-14,16,18H,5,7,10,15H2,1-4H3,(H,30,31);4H,2-3H2,1H3/b20-6+;. The van der Waals surface area contributed by atoms with Gasteiger partial charge in [0.25, 0.3) is 0 Å². The highest BCUT2D eigenvalue weighted by Crippen LogP contribution is 2.35. The second-order valence-electron chi connectivity index (χ2n) is 9.34. The third-order valence-electron chi connectivity index (χ3n) is 6.79. The van der Waals surface area contributed by atoms with Gasteiger partial charge in [-0.05, 0) is 73.9 Å². The predicted molar refractivity (Wildman–Crippen MR) is 145 cm³/mol. The van der Waals surface area contributed by atoms with Crippen LogP contribution in [0, 0.1) is 11.7 Å². The summed E-state index contributed by atoms with van der Waals surface area (Å²) < 4.78 is 19.5. The van der Waals surface area contributed by atoms with Crippen molar-refractivity contribution in [3.8, 4) is 17.0 Å². The highest BCUT2D eigenvalue weighted by molar-refractivity contribution is 6.22. The first-order valence-electron chi connectivity index (χ1n) is 13.1. The molecule has 1 aliphatic heterocycles. The third-order valence-corrected chi connectivity index (χ3v) is 6.79. The quantitative estimate of drug-likeness (QED) is 0.349. The molecule has 2 atom stereocenters. The molecule has 0 radical (unpaired) electrons. The number of H-pyrrole nitrogens is 1. The molecule has 2 aromatic heterocycles. The number of benzene rings is 1. The maximum atomic E-state index is 13.7. The normalized spacial score (nSPS) is 15.8. The van der Waals surface area contributed by atoms with Crippen LogP contribution in [-0.4, -0.2) is 39.3 Å². The molecule has 0 saturated heterocycles. The lowest BCUT2D eigenvalue weighted by Gasteiger charge is -2.26. The Hall–Kier alpha value is -3.32. The minimum atomic E-state index is -0.365. The summed E-state index contributed by atoms with van der Waals surface area (Å²) in [5, 5.41) is 15.1. The molecule has 0 saturated carbocycles. The first-order valence-corrected chi connectivity index (χ1v) is 13.1. The molecule has 2 N–H and O–H groups in total. The zero-order chi connectivity index (χ0) is 26.9. The van der Waals surface area contributed by atoms with E-state index in [-0.39, 0.29) is 30.0 Å². The van der Waals surface area contributed by atoms with Crippen LogP contribution < -0.4 is 4.74 Å². The van der Waals surface area contributed by atoms with E-state index in [1.54, 1.807) is 12.3 Å². The predicted octanol–water partition coefficient (Wildman–Crippen LogP) is 6.30. The van der Waals surface area contributed by atoms with E-state index in [9.17, 15) is 9.18 Å². The summed E-state index contributed by atoms with van der Waals surface area (Å²) >= 11 is 0. The molecular weight excluding hydrogens is 469 g/mol. The summed E-state index contributed by atoms with van der Waals surface area (Å²) in [6.07, 6.45) is 8.59. The molecule has 198 valence electrons. The lowest BCUT2D eigenvalue weighted by molar-refractivity contribution is -0.118. The Morgan fingerprint density at radius 3 is 2.68 bits per heavy atom. The molecular formula is C30H38FN3O3. The van der Waals surface area contributed by atoms with Crippen molar-refractivity contribution >= 4 is 11.4 Å². The maximum absolute atomic E-state index is 13.7. The fourth-order valence-electron chi connectivity index (χ4n) is 4.46. The number of aryl methyl sites for hydroxylation is 1. The van der Waals surface area contributed by atoms with Crippen molar-refractivity contribution in [2.75, 3.05) is 13.2 Å². The van der Waals surface area contributed by atoms with E-state index < -0.39 is 0 Å². The van der Waals surface area contributed by atoms with E-state index in [4.69, 9.17) is 14.8 Å². The van der Waals surface area contributed by atoms with Crippen molar-refractivity contribution in [2.45, 2.75) is 66.2 Å². The third kappa shape index (κ3) is 6.52. The van der Waals surface area contributed by atoms with E-state index in [0.717, 1.165) is 52.9 Å². The Morgan fingerprint density at radius 2 is 2.03 bits per heavy atom. The van der Waals surface area contributed by atoms with Crippen molar-refractivity contribution in [2.24, 2.45) is 5.92 Å². The number of aromatic amines is 1. The zero-order valence-electron chi connectivity index (χ0n) is 22.5. The number of nitrogens with one attached hydrogen (secondary N) is 1. The molecule has 1 aliphatic rings. The van der Waals surface area contributed by atoms with Gasteiger partial charge in [0.15, 0.2) is 5.78 Å². The van der Waals surface area contributed by atoms with Crippen LogP contribution in [0.3, 0.4) is 0 Å². The van der Waals surface area contributed by atoms with E-state index in [1.807, 2.05) is 26.1 Å². The van der Waals surface area contributed by atoms with Gasteiger partial charge >= 0.3 is 0 Å². The van der Waals surface area contributed by atoms with Crippen LogP contribution >= 0.6 is 0 Å². The molecule has 0 amide bonds. The van der Waals surface area contributed by atoms with Crippen LogP contribution in [0.2, 0.25) is 0 Å². The number of nitrogens with zero attached hydrogens (tertiary/aromatic N) is 2. The molecule has 0 spiro atoms. The fraction of sp³-hybridized carbons (Fsp3) is 0.433. The molecule has 0 fully saturated rings. The first-order chi connectivity index (χ1) is 17.9. The Labute approximate surface area is 219 Å². The van der Waals surface area contributed by atoms with Gasteiger partial charge in [-0.2, -0.15) is 5.10 Å². The smallest absolute Gasteiger partial charge is 0.170 e. The maximum Gasteiger partial charge on any atom is 0.170 e. The number of hydrogen-bond donors (Lipinski definition) is 2. The Morgan fingerprint density at radius 1 is 1.27 bits per heavy atom. The second kappa shape index (κ2) is 13.3. The minimum absolute atomic E-state index is 0.00377. The number of pyridine rings is 1. The number of Topliss-reactive ketones (excluding diaryl/α,β-unsaturated/α-hetero) is 1. The number of fused-ring (bicyclic) bond motifs is 1. The van der Waals surface area contributed by atoms with Gasteiger partial charge in [0.2, 0.25) is 0 Å². The number of carbonyl (C=O) groups is 1. The molecule has 7 heteroatoms. The Kier molecular flexibility index (Phi) is 10.1. The van der Waals surface area contributed by atoms with Gasteiger partial charge in [0.05, 0.1) is 24.4 Å². The van der Waals surface area contributed by atoms with Gasteiger partial charge in [0.1, 0.15) is 11.6 Å². The molecule has 0 bridgehead atoms. The molecule has 3 heterocycles. The minimum Gasteiger partial charge on any atom is -0.493 e. The first kappa shape index (κ1) is 28.3. The molecule has 4 rings (SSSR count). The van der Waals surface area contributed by atoms with Crippen molar-refractivity contribution in [1.82, 2.24) is 15.2 Å². The van der Waals surface area contributed by atoms with Crippen LogP contribution in [0.15, 0.2) is 42.7 Å². The number of allylic oxidation sites excluding steroid dienone is 2. The Bertz CT molecular complexity index is 1230. The lowest BCUT2D eigenvalue weighted by atomic mass is 9.83. The van der Waals surface area contributed by atoms with E-state index in [0.29, 0.717) is 24.4 Å². The largest absolute Gasteiger partial charge is 0.493 e. The van der Waals surface area contributed by atoms with Crippen LogP contribution in [0.25, 0.3) is 16.8 Å². The molecule has 6 nitrogen and oxygen atoms in total. The average Bonchev–Trinajstić information content (AvgIpc) is 3.41. The highest BCUT2D eigenvalue weighted by Gasteiger charge is 2.30. The van der Waals surface area contributed by atoms with Crippen LogP contribution in [-0.2, 0) is 17.6 Å². The van der Waals surface area contributed by atoms with E-state index in [2.05, 4.69) is 37.0 Å². The second-order valence-corrected chi connectivity index (χ2v) is 9.34. The summed E-state index contributed by atoms with van der Waals surface area (Å²) in [7, 11) is 0. The van der Waals surface area contributed by atoms with Gasteiger partial charge in [-0.3, -0.25) is 14.9 Å². The summed E-state index contributed by atoms with van der Waals surface area (Å²) in [5.74, 6) is 0.223. The summed E-state index contributed by atoms with van der Waals surface area (Å²) in [6.45, 7) is 10.8. The van der Waals surface area contributed by atoms with Crippen molar-refractivity contribution in [3.05, 3.63) is 70.9 Å². The monoisotopic (exact) mass is 507 g/mol. The topological polar surface area (TPSA) is 88.1 Å². The van der Waals surface area contributed by atoms with Gasteiger partial charge in [-0.25, -0.2) is 4.39 Å². The number of ketones is 1. The molecule has 2 unspecified atom stereocenters. The van der Waals surface area contributed by atoms with E-state index in [1.165, 1.54) is 12.1 Å². The van der Waals surface area contributed by atoms with Crippen LogP contribution in [0.1, 0.15) is 75.8 Å². The fourth-order valence-corrected chi connectivity index (χ4v) is 4.46. The number of hydrogen-bond acceptors (Lipinski definition) is 5. The lowest BCUT2D eigenvalue weighted by Crippen LogP contribution is -2.29. The summed E-state index contributed by atoms with van der Waals surface area (Å²) in [4.78, 5) is 18.3. The summed E-state index contributed by atoms with van der Waals surface area (Å²) in [6, 6.07) is 6.56. The number of carbonyl (C=O) groups excluding carboxylic acids is 1. The van der Waals surface area contributed by atoms with Crippen LogP contribution in [0.4, 0.5) is 4.39 Å². The Balaban J connectivity index is 0.000000886. The van der Waals surface area contributed by atoms with Crippen molar-refractivity contribution < 1.29 is 19.0 Å². The zero-order valence-corrected chi connectivity index (χ0v) is 22.5. The number of aliphatic hydroxyl groups excluding tert-OH is 1. The number of rotatable bonds is 8. The van der Waals surface area contributed by atoms with Gasteiger partial charge in [0, 0.05) is 35.2 Å². The highest BCUT2D eigenvalue weighted by atomic mass is 19.1. The van der Waals surface area contributed by atoms with Crippen LogP contribution in [0.5, 0.6) is 5.75 Å². The van der Waals surface area contributed by atoms with Crippen molar-refractivity contribution in [3.63, 3.8) is 0 Å². The molecule has 3 aromatic rings. The summed E-state index contributed by atoms with van der Waals surface area (Å²) in [5.41, 5.74) is 6.20. The number of aromatic nitrogens is 3. The number of aliphatic hydroxyl groups is 1. The SMILES string of the molecule is C/C=C(/C(=O)C1COc2ccc(F)cc2C1)c1cnc(-c2cn[nH]c2CC)cc1C(C)CC.CCCO. The van der Waals surface area contributed by atoms with Gasteiger partial charge < -0.3 is 9.84 Å². The number of halogens is 1. The molecule has 37 heavy (non-hydrogen) atoms. The van der Waals surface area contributed by atoms with E-state index >= 15 is 0 Å². The molecule has 0 aliphatic carbocycles. The van der Waals surface area contributed by atoms with Crippen molar-refractivity contribution in [1.29, 1.82) is 0 Å². The number of ether oxygens (including phenoxy) is 1. The van der Waals surface area contributed by atoms with Gasteiger partial charge in [-0.15, -0.1) is 0 Å². The molecule has 1 aromatic carbocycles. The average molecular weight is 508 g/mol. The van der Waals surface area contributed by atoms with Gasteiger partial charge in [-0.1, -0.05) is 33.8 Å².